The highest BCUT2D eigenvalue weighted by Gasteiger charge is 2.24. The van der Waals surface area contributed by atoms with Crippen molar-refractivity contribution in [2.24, 2.45) is 0 Å². The predicted molar refractivity (Wildman–Crippen MR) is 217 cm³/mol. The molecule has 0 amide bonds. The smallest absolute Gasteiger partial charge is 0.355 e. The molecule has 4 N–H and O–H groups in total. The van der Waals surface area contributed by atoms with Gasteiger partial charge in [-0.05, 0) is 92.4 Å². The number of nitrogens with zero attached hydrogens (tertiary/aromatic N) is 6. The molecule has 13 nitrogen and oxygen atoms in total. The van der Waals surface area contributed by atoms with Crippen molar-refractivity contribution in [1.29, 1.82) is 0 Å². The van der Waals surface area contributed by atoms with Crippen LogP contribution < -0.4 is 24.6 Å². The highest BCUT2D eigenvalue weighted by molar-refractivity contribution is 7.22. The molecule has 3 aromatic heterocycles. The van der Waals surface area contributed by atoms with Crippen LogP contribution in [0.1, 0.15) is 39.3 Å². The quantitative estimate of drug-likeness (QED) is 0.0562. The van der Waals surface area contributed by atoms with Gasteiger partial charge < -0.3 is 39.9 Å². The highest BCUT2D eigenvalue weighted by Crippen LogP contribution is 2.34. The van der Waals surface area contributed by atoms with Crippen molar-refractivity contribution in [3.8, 4) is 23.3 Å². The summed E-state index contributed by atoms with van der Waals surface area (Å²) in [5.74, 6) is 6.02. The average Bonchev–Trinajstić information content (AvgIpc) is 3.82. The molecule has 1 unspecified atom stereocenters. The molecule has 290 valence electrons. The fourth-order valence-electron chi connectivity index (χ4n) is 5.52. The number of carboxylic acid groups (broad SMARTS) is 1. The van der Waals surface area contributed by atoms with Crippen molar-refractivity contribution in [3.05, 3.63) is 100 Å². The minimum absolute atomic E-state index is 0.0676. The van der Waals surface area contributed by atoms with E-state index in [-0.39, 0.29) is 31.0 Å². The van der Waals surface area contributed by atoms with Gasteiger partial charge in [0.05, 0.1) is 43.2 Å². The SMILES string of the molecule is COc1ccc(N(C)CC#Cc2ccc(OCCCc3sc(N(CCC(O)CO)c4cc(C)c(Nc5nc6ccccc6s5)nn4)nc3C(=O)O)c(F)c2)cc1. The number of anilines is 5. The van der Waals surface area contributed by atoms with Crippen molar-refractivity contribution in [2.45, 2.75) is 32.3 Å². The second-order valence-corrected chi connectivity index (χ2v) is 14.7. The van der Waals surface area contributed by atoms with E-state index in [1.165, 1.54) is 34.8 Å². The third kappa shape index (κ3) is 10.1. The van der Waals surface area contributed by atoms with E-state index in [2.05, 4.69) is 37.3 Å². The molecule has 0 radical (unpaired) electrons. The van der Waals surface area contributed by atoms with E-state index in [0.29, 0.717) is 51.7 Å². The molecule has 3 heterocycles. The van der Waals surface area contributed by atoms with Crippen LogP contribution in [0.4, 0.5) is 32.0 Å². The van der Waals surface area contributed by atoms with Gasteiger partial charge in [0.2, 0.25) is 0 Å². The van der Waals surface area contributed by atoms with Crippen molar-refractivity contribution in [3.63, 3.8) is 0 Å². The molecule has 0 saturated carbocycles. The third-order valence-corrected chi connectivity index (χ3v) is 10.7. The second kappa shape index (κ2) is 18.7. The Morgan fingerprint density at radius 3 is 2.57 bits per heavy atom. The summed E-state index contributed by atoms with van der Waals surface area (Å²) in [4.78, 5) is 25.5. The van der Waals surface area contributed by atoms with Gasteiger partial charge >= 0.3 is 5.97 Å². The molecule has 6 aromatic rings. The van der Waals surface area contributed by atoms with Crippen molar-refractivity contribution in [2.75, 3.05) is 55.6 Å². The number of hydrogen-bond donors (Lipinski definition) is 4. The van der Waals surface area contributed by atoms with Crippen LogP contribution in [0.3, 0.4) is 0 Å². The molecule has 0 saturated heterocycles. The Balaban J connectivity index is 1.09. The summed E-state index contributed by atoms with van der Waals surface area (Å²) < 4.78 is 26.9. The summed E-state index contributed by atoms with van der Waals surface area (Å²) in [5.41, 5.74) is 2.98. The van der Waals surface area contributed by atoms with Gasteiger partial charge in [0, 0.05) is 29.7 Å². The zero-order chi connectivity index (χ0) is 39.6. The zero-order valence-electron chi connectivity index (χ0n) is 30.9. The van der Waals surface area contributed by atoms with Crippen molar-refractivity contribution < 1.29 is 34.0 Å². The first-order chi connectivity index (χ1) is 27.1. The topological polar surface area (TPSA) is 166 Å². The predicted octanol–water partition coefficient (Wildman–Crippen LogP) is 6.82. The van der Waals surface area contributed by atoms with E-state index >= 15 is 0 Å². The van der Waals surface area contributed by atoms with Gasteiger partial charge in [0.15, 0.2) is 39.2 Å². The molecule has 6 rings (SSSR count). The number of ether oxygens (including phenoxy) is 2. The highest BCUT2D eigenvalue weighted by atomic mass is 32.1. The van der Waals surface area contributed by atoms with E-state index in [9.17, 15) is 24.5 Å². The number of carbonyl (C=O) groups is 1. The van der Waals surface area contributed by atoms with Gasteiger partial charge in [0.1, 0.15) is 5.75 Å². The molecule has 0 spiro atoms. The van der Waals surface area contributed by atoms with Gasteiger partial charge in [-0.25, -0.2) is 19.2 Å². The summed E-state index contributed by atoms with van der Waals surface area (Å²) in [6.45, 7) is 2.16. The molecular weight excluding hydrogens is 758 g/mol. The van der Waals surface area contributed by atoms with Gasteiger partial charge in [-0.3, -0.25) is 0 Å². The number of para-hydroxylation sites is 1. The number of aromatic nitrogens is 4. The van der Waals surface area contributed by atoms with Crippen LogP contribution in [0.2, 0.25) is 0 Å². The fourth-order valence-corrected chi connectivity index (χ4v) is 7.51. The lowest BCUT2D eigenvalue weighted by atomic mass is 10.2. The summed E-state index contributed by atoms with van der Waals surface area (Å²) in [6.07, 6.45) is -0.162. The normalized spacial score (nSPS) is 11.5. The summed E-state index contributed by atoms with van der Waals surface area (Å²) in [7, 11) is 3.53. The molecule has 0 aliphatic carbocycles. The van der Waals surface area contributed by atoms with Crippen LogP contribution in [0, 0.1) is 24.6 Å². The number of halogens is 1. The largest absolute Gasteiger partial charge is 0.497 e. The molecular formula is C40H40FN7O6S2. The monoisotopic (exact) mass is 797 g/mol. The number of rotatable bonds is 17. The first-order valence-corrected chi connectivity index (χ1v) is 19.3. The first-order valence-electron chi connectivity index (χ1n) is 17.6. The van der Waals surface area contributed by atoms with Crippen LogP contribution in [0.25, 0.3) is 10.2 Å². The minimum atomic E-state index is -1.20. The lowest BCUT2D eigenvalue weighted by Gasteiger charge is -2.22. The number of aryl methyl sites for hydroxylation is 2. The van der Waals surface area contributed by atoms with Crippen LogP contribution in [0.15, 0.2) is 72.8 Å². The lowest BCUT2D eigenvalue weighted by Crippen LogP contribution is -2.25. The van der Waals surface area contributed by atoms with E-state index in [1.54, 1.807) is 24.1 Å². The van der Waals surface area contributed by atoms with Crippen molar-refractivity contribution in [1.82, 2.24) is 20.2 Å². The first kappa shape index (κ1) is 39.8. The van der Waals surface area contributed by atoms with Gasteiger partial charge in [0.25, 0.3) is 0 Å². The number of nitrogens with one attached hydrogen (secondary N) is 1. The molecule has 0 bridgehead atoms. The van der Waals surface area contributed by atoms with Crippen LogP contribution in [-0.4, -0.2) is 88.0 Å². The van der Waals surface area contributed by atoms with E-state index < -0.39 is 24.5 Å². The van der Waals surface area contributed by atoms with Crippen molar-refractivity contribution >= 4 is 66.4 Å². The molecule has 0 aliphatic rings. The number of aliphatic hydroxyl groups is 2. The molecule has 0 aliphatic heterocycles. The maximum atomic E-state index is 15.0. The number of benzene rings is 3. The van der Waals surface area contributed by atoms with Gasteiger partial charge in [-0.15, -0.1) is 21.5 Å². The van der Waals surface area contributed by atoms with Gasteiger partial charge in [-0.2, -0.15) is 0 Å². The number of fused-ring (bicyclic) bond motifs is 1. The Hall–Kier alpha value is -5.86. The van der Waals surface area contributed by atoms with Gasteiger partial charge in [-0.1, -0.05) is 35.3 Å². The van der Waals surface area contributed by atoms with E-state index in [0.717, 1.165) is 27.2 Å². The van der Waals surface area contributed by atoms with Crippen LogP contribution >= 0.6 is 22.7 Å². The maximum Gasteiger partial charge on any atom is 0.355 e. The summed E-state index contributed by atoms with van der Waals surface area (Å²) >= 11 is 2.66. The number of aromatic carboxylic acids is 1. The summed E-state index contributed by atoms with van der Waals surface area (Å²) in [6, 6.07) is 21.7. The number of hydrogen-bond acceptors (Lipinski definition) is 14. The molecule has 3 aromatic carbocycles. The standard InChI is InChI=1S/C40H40FN7O6S2/c1-25-22-35(45-46-37(25)44-39-42-31-9-4-5-10-33(31)55-39)48(20-18-28(50)24-49)40-43-36(38(51)52)34(56-40)11-7-21-54-32-17-12-26(23-30(32)41)8-6-19-47(2)27-13-15-29(53-3)16-14-27/h4-5,9-10,12-17,22-23,28,49-50H,7,11,18-21,24H2,1-3H3,(H,51,52)(H,42,44,46). The molecule has 56 heavy (non-hydrogen) atoms. The summed E-state index contributed by atoms with van der Waals surface area (Å²) in [5, 5.41) is 42.7. The number of thiazole rings is 2. The van der Waals surface area contributed by atoms with Crippen LogP contribution in [0.5, 0.6) is 11.5 Å². The van der Waals surface area contributed by atoms with E-state index in [4.69, 9.17) is 9.47 Å². The zero-order valence-corrected chi connectivity index (χ0v) is 32.5. The molecule has 0 fully saturated rings. The Labute approximate surface area is 331 Å². The lowest BCUT2D eigenvalue weighted by molar-refractivity contribution is 0.0690. The molecule has 1 atom stereocenters. The number of aliphatic hydroxyl groups excluding tert-OH is 2. The second-order valence-electron chi connectivity index (χ2n) is 12.6. The fraction of sp³-hybridized carbons (Fsp3) is 0.275. The Morgan fingerprint density at radius 2 is 1.86 bits per heavy atom. The minimum Gasteiger partial charge on any atom is -0.497 e. The molecule has 16 heteroatoms. The maximum absolute atomic E-state index is 15.0. The van der Waals surface area contributed by atoms with E-state index in [1.807, 2.05) is 67.4 Å². The average molecular weight is 798 g/mol. The third-order valence-electron chi connectivity index (χ3n) is 8.58. The number of carboxylic acids is 1. The Morgan fingerprint density at radius 1 is 1.05 bits per heavy atom. The van der Waals surface area contributed by atoms with Crippen LogP contribution in [-0.2, 0) is 6.42 Å². The Bertz CT molecular complexity index is 2310. The Kier molecular flexibility index (Phi) is 13.3. The number of methoxy groups -OCH3 is 1.